The molecule has 5 heteroatoms. The minimum Gasteiger partial charge on any atom is -0.477 e. The van der Waals surface area contributed by atoms with Crippen molar-refractivity contribution >= 4 is 11.7 Å². The molecular weight excluding hydrogens is 218 g/mol. The molecule has 3 rings (SSSR count). The average Bonchev–Trinajstić information content (AvgIpc) is 2.97. The van der Waals surface area contributed by atoms with Gasteiger partial charge in [0.05, 0.1) is 6.20 Å². The van der Waals surface area contributed by atoms with Gasteiger partial charge in [-0.25, -0.2) is 14.8 Å². The first-order valence-corrected chi connectivity index (χ1v) is 5.82. The average molecular weight is 231 g/mol. The molecule has 88 valence electrons. The number of hydrogen-bond donors (Lipinski definition) is 1. The maximum Gasteiger partial charge on any atom is 0.354 e. The number of hydrogen-bond acceptors (Lipinski definition) is 3. The summed E-state index contributed by atoms with van der Waals surface area (Å²) in [5.41, 5.74) is 1.29. The van der Waals surface area contributed by atoms with Gasteiger partial charge in [0.25, 0.3) is 0 Å². The lowest BCUT2D eigenvalue weighted by Gasteiger charge is -2.09. The van der Waals surface area contributed by atoms with Crippen LogP contribution in [-0.2, 0) is 0 Å². The monoisotopic (exact) mass is 231 g/mol. The zero-order valence-corrected chi connectivity index (χ0v) is 9.33. The molecule has 2 aromatic heterocycles. The molecule has 5 nitrogen and oxygen atoms in total. The fourth-order valence-corrected chi connectivity index (χ4v) is 2.52. The number of aromatic nitrogens is 3. The van der Waals surface area contributed by atoms with Crippen molar-refractivity contribution in [2.45, 2.75) is 31.6 Å². The van der Waals surface area contributed by atoms with Crippen LogP contribution in [0.5, 0.6) is 0 Å². The molecule has 0 bridgehead atoms. The van der Waals surface area contributed by atoms with E-state index in [1.807, 2.05) is 12.4 Å². The van der Waals surface area contributed by atoms with Crippen molar-refractivity contribution in [2.75, 3.05) is 0 Å². The molecule has 0 aromatic carbocycles. The third-order valence-electron chi connectivity index (χ3n) is 3.43. The lowest BCUT2D eigenvalue weighted by Crippen LogP contribution is -2.04. The smallest absolute Gasteiger partial charge is 0.354 e. The molecule has 0 amide bonds. The van der Waals surface area contributed by atoms with Crippen molar-refractivity contribution in [1.29, 1.82) is 0 Å². The van der Waals surface area contributed by atoms with Crippen molar-refractivity contribution in [3.05, 3.63) is 29.8 Å². The molecule has 2 heterocycles. The SMILES string of the molecule is O=C(O)c1cnc2ncc(C3CCCC3)cn12. The molecule has 17 heavy (non-hydrogen) atoms. The summed E-state index contributed by atoms with van der Waals surface area (Å²) in [7, 11) is 0. The maximum absolute atomic E-state index is 11.0. The number of nitrogens with zero attached hydrogens (tertiary/aromatic N) is 3. The van der Waals surface area contributed by atoms with Gasteiger partial charge in [0, 0.05) is 12.4 Å². The lowest BCUT2D eigenvalue weighted by molar-refractivity contribution is 0.0689. The third-order valence-corrected chi connectivity index (χ3v) is 3.43. The Morgan fingerprint density at radius 1 is 1.29 bits per heavy atom. The Morgan fingerprint density at radius 3 is 2.71 bits per heavy atom. The van der Waals surface area contributed by atoms with Gasteiger partial charge in [-0.15, -0.1) is 0 Å². The number of carbonyl (C=O) groups is 1. The fraction of sp³-hybridized carbons (Fsp3) is 0.417. The Bertz CT molecular complexity index is 570. The maximum atomic E-state index is 11.0. The van der Waals surface area contributed by atoms with Gasteiger partial charge in [-0.1, -0.05) is 12.8 Å². The zero-order chi connectivity index (χ0) is 11.8. The number of fused-ring (bicyclic) bond motifs is 1. The van der Waals surface area contributed by atoms with Crippen molar-refractivity contribution in [2.24, 2.45) is 0 Å². The van der Waals surface area contributed by atoms with Crippen LogP contribution in [0.25, 0.3) is 5.78 Å². The summed E-state index contributed by atoms with van der Waals surface area (Å²) < 4.78 is 1.57. The number of imidazole rings is 1. The summed E-state index contributed by atoms with van der Waals surface area (Å²) >= 11 is 0. The highest BCUT2D eigenvalue weighted by Gasteiger charge is 2.19. The summed E-state index contributed by atoms with van der Waals surface area (Å²) in [5.74, 6) is 0.00274. The predicted molar refractivity (Wildman–Crippen MR) is 61.2 cm³/mol. The first-order chi connectivity index (χ1) is 8.25. The van der Waals surface area contributed by atoms with Crippen LogP contribution in [0.2, 0.25) is 0 Å². The molecule has 1 aliphatic rings. The topological polar surface area (TPSA) is 67.5 Å². The Kier molecular flexibility index (Phi) is 2.31. The molecule has 1 N–H and O–H groups in total. The van der Waals surface area contributed by atoms with E-state index in [1.165, 1.54) is 31.9 Å². The molecule has 1 fully saturated rings. The number of carboxylic acids is 1. The first kappa shape index (κ1) is 10.3. The summed E-state index contributed by atoms with van der Waals surface area (Å²) in [4.78, 5) is 19.2. The number of carboxylic acid groups (broad SMARTS) is 1. The Hall–Kier alpha value is -1.91. The van der Waals surface area contributed by atoms with E-state index in [-0.39, 0.29) is 5.69 Å². The lowest BCUT2D eigenvalue weighted by atomic mass is 10.0. The minimum atomic E-state index is -0.970. The molecule has 0 radical (unpaired) electrons. The minimum absolute atomic E-state index is 0.173. The van der Waals surface area contributed by atoms with Crippen LogP contribution in [0.1, 0.15) is 47.7 Å². The van der Waals surface area contributed by atoms with Crippen molar-refractivity contribution in [3.8, 4) is 0 Å². The van der Waals surface area contributed by atoms with Crippen molar-refractivity contribution in [3.63, 3.8) is 0 Å². The van der Waals surface area contributed by atoms with E-state index in [2.05, 4.69) is 9.97 Å². The second-order valence-corrected chi connectivity index (χ2v) is 4.49. The Labute approximate surface area is 98.1 Å². The van der Waals surface area contributed by atoms with E-state index in [4.69, 9.17) is 5.11 Å². The van der Waals surface area contributed by atoms with E-state index in [0.29, 0.717) is 11.7 Å². The molecule has 0 unspecified atom stereocenters. The van der Waals surface area contributed by atoms with Crippen molar-refractivity contribution < 1.29 is 9.90 Å². The summed E-state index contributed by atoms with van der Waals surface area (Å²) in [6.45, 7) is 0. The molecule has 1 saturated carbocycles. The predicted octanol–water partition coefficient (Wildman–Crippen LogP) is 2.09. The molecule has 0 aliphatic heterocycles. The van der Waals surface area contributed by atoms with Gasteiger partial charge in [-0.2, -0.15) is 0 Å². The van der Waals surface area contributed by atoms with Crippen LogP contribution in [0, 0.1) is 0 Å². The molecule has 2 aromatic rings. The van der Waals surface area contributed by atoms with Crippen LogP contribution >= 0.6 is 0 Å². The standard InChI is InChI=1S/C12H13N3O2/c16-11(17)10-6-14-12-13-5-9(7-15(10)12)8-3-1-2-4-8/h5-8H,1-4H2,(H,16,17). The van der Waals surface area contributed by atoms with E-state index < -0.39 is 5.97 Å². The molecule has 1 aliphatic carbocycles. The second-order valence-electron chi connectivity index (χ2n) is 4.49. The normalized spacial score (nSPS) is 16.7. The zero-order valence-electron chi connectivity index (χ0n) is 9.33. The fourth-order valence-electron chi connectivity index (χ4n) is 2.52. The van der Waals surface area contributed by atoms with E-state index in [0.717, 1.165) is 5.56 Å². The molecule has 0 saturated heterocycles. The van der Waals surface area contributed by atoms with Crippen LogP contribution in [0.15, 0.2) is 18.6 Å². The van der Waals surface area contributed by atoms with Gasteiger partial charge >= 0.3 is 5.97 Å². The van der Waals surface area contributed by atoms with Gasteiger partial charge in [-0.05, 0) is 24.3 Å². The van der Waals surface area contributed by atoms with Gasteiger partial charge in [-0.3, -0.25) is 4.40 Å². The summed E-state index contributed by atoms with van der Waals surface area (Å²) in [6, 6.07) is 0. The Morgan fingerprint density at radius 2 is 2.00 bits per heavy atom. The van der Waals surface area contributed by atoms with E-state index in [1.54, 1.807) is 4.40 Å². The quantitative estimate of drug-likeness (QED) is 0.859. The summed E-state index contributed by atoms with van der Waals surface area (Å²) in [5, 5.41) is 9.04. The molecule has 0 spiro atoms. The van der Waals surface area contributed by atoms with Crippen LogP contribution in [0.4, 0.5) is 0 Å². The number of aromatic carboxylic acids is 1. The molecular formula is C12H13N3O2. The van der Waals surface area contributed by atoms with Crippen molar-refractivity contribution in [1.82, 2.24) is 14.4 Å². The van der Waals surface area contributed by atoms with Gasteiger partial charge in [0.2, 0.25) is 5.78 Å². The highest BCUT2D eigenvalue weighted by atomic mass is 16.4. The number of rotatable bonds is 2. The summed E-state index contributed by atoms with van der Waals surface area (Å²) in [6.07, 6.45) is 9.88. The highest BCUT2D eigenvalue weighted by Crippen LogP contribution is 2.33. The van der Waals surface area contributed by atoms with Gasteiger partial charge in [0.15, 0.2) is 5.69 Å². The largest absolute Gasteiger partial charge is 0.477 e. The van der Waals surface area contributed by atoms with Crippen LogP contribution < -0.4 is 0 Å². The third kappa shape index (κ3) is 1.67. The Balaban J connectivity index is 2.09. The van der Waals surface area contributed by atoms with E-state index >= 15 is 0 Å². The second kappa shape index (κ2) is 3.84. The first-order valence-electron chi connectivity index (χ1n) is 5.82. The van der Waals surface area contributed by atoms with E-state index in [9.17, 15) is 4.79 Å². The van der Waals surface area contributed by atoms with Crippen LogP contribution in [0.3, 0.4) is 0 Å². The van der Waals surface area contributed by atoms with Gasteiger partial charge in [0.1, 0.15) is 0 Å². The van der Waals surface area contributed by atoms with Crippen LogP contribution in [-0.4, -0.2) is 25.4 Å². The highest BCUT2D eigenvalue weighted by molar-refractivity contribution is 5.86. The van der Waals surface area contributed by atoms with Gasteiger partial charge < -0.3 is 5.11 Å². The molecule has 0 atom stereocenters.